The van der Waals surface area contributed by atoms with E-state index in [4.69, 9.17) is 5.73 Å². The summed E-state index contributed by atoms with van der Waals surface area (Å²) in [7, 11) is 0. The SMILES string of the molecule is CSCCC(N)C(=O)NC(CNC(=O)[C@@H]1C[C@H](C)CC[C@H]1C(C)C)CC(C)C. The largest absolute Gasteiger partial charge is 0.354 e. The molecule has 2 unspecified atom stereocenters. The zero-order valence-electron chi connectivity index (χ0n) is 18.8. The van der Waals surface area contributed by atoms with Crippen LogP contribution in [-0.2, 0) is 9.59 Å². The van der Waals surface area contributed by atoms with Crippen LogP contribution in [-0.4, -0.2) is 42.5 Å². The minimum Gasteiger partial charge on any atom is -0.354 e. The molecule has 1 aliphatic rings. The van der Waals surface area contributed by atoms with Gasteiger partial charge in [0.05, 0.1) is 6.04 Å². The summed E-state index contributed by atoms with van der Waals surface area (Å²) >= 11 is 1.69. The van der Waals surface area contributed by atoms with Crippen LogP contribution < -0.4 is 16.4 Å². The van der Waals surface area contributed by atoms with Crippen molar-refractivity contribution in [2.24, 2.45) is 35.3 Å². The molecule has 0 spiro atoms. The van der Waals surface area contributed by atoms with E-state index in [0.29, 0.717) is 36.6 Å². The van der Waals surface area contributed by atoms with E-state index >= 15 is 0 Å². The van der Waals surface area contributed by atoms with Gasteiger partial charge in [-0.1, -0.05) is 41.0 Å². The molecule has 0 aliphatic heterocycles. The highest BCUT2D eigenvalue weighted by atomic mass is 32.2. The molecule has 1 saturated carbocycles. The van der Waals surface area contributed by atoms with Crippen molar-refractivity contribution in [3.63, 3.8) is 0 Å². The number of rotatable bonds is 11. The summed E-state index contributed by atoms with van der Waals surface area (Å²) in [5.41, 5.74) is 6.01. The van der Waals surface area contributed by atoms with Crippen LogP contribution in [0.3, 0.4) is 0 Å². The third-order valence-corrected chi connectivity index (χ3v) is 6.60. The summed E-state index contributed by atoms with van der Waals surface area (Å²) in [6.45, 7) is 11.4. The van der Waals surface area contributed by atoms with Crippen molar-refractivity contribution in [3.05, 3.63) is 0 Å². The number of nitrogens with two attached hydrogens (primary N) is 1. The van der Waals surface area contributed by atoms with Crippen molar-refractivity contribution in [2.45, 2.75) is 78.8 Å². The molecule has 5 atom stereocenters. The van der Waals surface area contributed by atoms with Crippen LogP contribution >= 0.6 is 11.8 Å². The molecular weight excluding hydrogens is 370 g/mol. The standard InChI is InChI=1S/C22H43N3O2S/c1-14(2)11-17(25-22(27)20(23)9-10-28-6)13-24-21(26)19-12-16(5)7-8-18(19)15(3)4/h14-20H,7-13,23H2,1-6H3,(H,24,26)(H,25,27)/t16-,17?,18+,19-,20?/m1/s1. The summed E-state index contributed by atoms with van der Waals surface area (Å²) in [5, 5.41) is 6.22. The third-order valence-electron chi connectivity index (χ3n) is 5.95. The van der Waals surface area contributed by atoms with Crippen LogP contribution in [0.4, 0.5) is 0 Å². The fraction of sp³-hybridized carbons (Fsp3) is 0.909. The van der Waals surface area contributed by atoms with Gasteiger partial charge in [-0.25, -0.2) is 0 Å². The van der Waals surface area contributed by atoms with Crippen LogP contribution in [0.15, 0.2) is 0 Å². The minimum atomic E-state index is -0.484. The van der Waals surface area contributed by atoms with E-state index in [1.54, 1.807) is 11.8 Å². The molecule has 2 amide bonds. The first-order chi connectivity index (χ1) is 13.1. The van der Waals surface area contributed by atoms with E-state index in [1.165, 1.54) is 6.42 Å². The second-order valence-electron chi connectivity index (χ2n) is 9.40. The van der Waals surface area contributed by atoms with Crippen molar-refractivity contribution in [1.82, 2.24) is 10.6 Å². The minimum absolute atomic E-state index is 0.0738. The molecule has 0 aromatic heterocycles. The lowest BCUT2D eigenvalue weighted by Gasteiger charge is -2.36. The first kappa shape index (κ1) is 25.3. The molecule has 4 N–H and O–H groups in total. The zero-order valence-corrected chi connectivity index (χ0v) is 19.6. The topological polar surface area (TPSA) is 84.2 Å². The third kappa shape index (κ3) is 8.73. The molecule has 0 aromatic carbocycles. The summed E-state index contributed by atoms with van der Waals surface area (Å²) in [6.07, 6.45) is 6.83. The number of thioether (sulfide) groups is 1. The highest BCUT2D eigenvalue weighted by molar-refractivity contribution is 7.98. The van der Waals surface area contributed by atoms with Crippen LogP contribution in [0, 0.1) is 29.6 Å². The van der Waals surface area contributed by atoms with Gasteiger partial charge in [0.15, 0.2) is 0 Å². The average molecular weight is 414 g/mol. The van der Waals surface area contributed by atoms with Gasteiger partial charge in [-0.3, -0.25) is 9.59 Å². The van der Waals surface area contributed by atoms with E-state index < -0.39 is 6.04 Å². The van der Waals surface area contributed by atoms with Gasteiger partial charge in [0.2, 0.25) is 11.8 Å². The fourth-order valence-corrected chi connectivity index (χ4v) is 4.79. The molecule has 0 radical (unpaired) electrons. The summed E-state index contributed by atoms with van der Waals surface area (Å²) in [6, 6.07) is -0.558. The Hall–Kier alpha value is -0.750. The van der Waals surface area contributed by atoms with Crippen LogP contribution in [0.2, 0.25) is 0 Å². The van der Waals surface area contributed by atoms with E-state index in [2.05, 4.69) is 45.3 Å². The van der Waals surface area contributed by atoms with Crippen molar-refractivity contribution in [3.8, 4) is 0 Å². The Kier molecular flexibility index (Phi) is 11.5. The van der Waals surface area contributed by atoms with Crippen LogP contribution in [0.5, 0.6) is 0 Å². The quantitative estimate of drug-likeness (QED) is 0.484. The van der Waals surface area contributed by atoms with Gasteiger partial charge in [-0.05, 0) is 61.4 Å². The molecule has 28 heavy (non-hydrogen) atoms. The van der Waals surface area contributed by atoms with Gasteiger partial charge in [0.25, 0.3) is 0 Å². The Bertz CT molecular complexity index is 484. The maximum Gasteiger partial charge on any atom is 0.237 e. The van der Waals surface area contributed by atoms with Gasteiger partial charge in [0.1, 0.15) is 0 Å². The van der Waals surface area contributed by atoms with Gasteiger partial charge < -0.3 is 16.4 Å². The highest BCUT2D eigenvalue weighted by Gasteiger charge is 2.35. The number of hydrogen-bond acceptors (Lipinski definition) is 4. The maximum atomic E-state index is 13.0. The molecular formula is C22H43N3O2S. The predicted octanol–water partition coefficient (Wildman–Crippen LogP) is 3.42. The van der Waals surface area contributed by atoms with Gasteiger partial charge >= 0.3 is 0 Å². The molecule has 5 nitrogen and oxygen atoms in total. The Morgan fingerprint density at radius 1 is 1.18 bits per heavy atom. The van der Waals surface area contributed by atoms with Crippen molar-refractivity contribution < 1.29 is 9.59 Å². The Balaban J connectivity index is 2.65. The van der Waals surface area contributed by atoms with E-state index in [0.717, 1.165) is 25.0 Å². The summed E-state index contributed by atoms with van der Waals surface area (Å²) in [5.74, 6) is 3.01. The second-order valence-corrected chi connectivity index (χ2v) is 10.4. The monoisotopic (exact) mass is 413 g/mol. The lowest BCUT2D eigenvalue weighted by molar-refractivity contribution is -0.130. The lowest BCUT2D eigenvalue weighted by Crippen LogP contribution is -2.51. The van der Waals surface area contributed by atoms with Gasteiger partial charge in [0, 0.05) is 18.5 Å². The Labute approximate surface area is 176 Å². The first-order valence-electron chi connectivity index (χ1n) is 11.0. The molecule has 164 valence electrons. The smallest absolute Gasteiger partial charge is 0.237 e. The molecule has 0 aromatic rings. The van der Waals surface area contributed by atoms with Crippen molar-refractivity contribution in [2.75, 3.05) is 18.6 Å². The Morgan fingerprint density at radius 2 is 1.86 bits per heavy atom. The normalized spacial score (nSPS) is 24.8. The van der Waals surface area contributed by atoms with Gasteiger partial charge in [-0.15, -0.1) is 0 Å². The number of carbonyl (C=O) groups is 2. The first-order valence-corrected chi connectivity index (χ1v) is 12.4. The fourth-order valence-electron chi connectivity index (χ4n) is 4.31. The van der Waals surface area contributed by atoms with Gasteiger partial charge in [-0.2, -0.15) is 11.8 Å². The van der Waals surface area contributed by atoms with E-state index in [-0.39, 0.29) is 23.8 Å². The zero-order chi connectivity index (χ0) is 21.3. The molecule has 6 heteroatoms. The number of nitrogens with one attached hydrogen (secondary N) is 2. The number of hydrogen-bond donors (Lipinski definition) is 3. The van der Waals surface area contributed by atoms with E-state index in [1.807, 2.05) is 6.26 Å². The second kappa shape index (κ2) is 12.7. The van der Waals surface area contributed by atoms with Crippen LogP contribution in [0.25, 0.3) is 0 Å². The summed E-state index contributed by atoms with van der Waals surface area (Å²) < 4.78 is 0. The number of carbonyl (C=O) groups excluding carboxylic acids is 2. The average Bonchev–Trinajstić information content (AvgIpc) is 2.62. The lowest BCUT2D eigenvalue weighted by atomic mass is 9.70. The molecule has 1 rings (SSSR count). The van der Waals surface area contributed by atoms with Crippen LogP contribution in [0.1, 0.15) is 66.7 Å². The van der Waals surface area contributed by atoms with E-state index in [9.17, 15) is 9.59 Å². The highest BCUT2D eigenvalue weighted by Crippen LogP contribution is 2.38. The molecule has 0 saturated heterocycles. The predicted molar refractivity (Wildman–Crippen MR) is 120 cm³/mol. The summed E-state index contributed by atoms with van der Waals surface area (Å²) in [4.78, 5) is 25.4. The van der Waals surface area contributed by atoms with Crippen molar-refractivity contribution in [1.29, 1.82) is 0 Å². The molecule has 0 bridgehead atoms. The van der Waals surface area contributed by atoms with Crippen molar-refractivity contribution >= 4 is 23.6 Å². The molecule has 1 aliphatic carbocycles. The Morgan fingerprint density at radius 3 is 2.43 bits per heavy atom. The number of amides is 2. The molecule has 1 fully saturated rings. The maximum absolute atomic E-state index is 13.0. The molecule has 0 heterocycles.